The van der Waals surface area contributed by atoms with E-state index in [2.05, 4.69) is 9.84 Å². The van der Waals surface area contributed by atoms with E-state index in [4.69, 9.17) is 0 Å². The van der Waals surface area contributed by atoms with Gasteiger partial charge in [0.15, 0.2) is 0 Å². The van der Waals surface area contributed by atoms with E-state index in [-0.39, 0.29) is 16.6 Å². The minimum atomic E-state index is -4.75. The van der Waals surface area contributed by atoms with Gasteiger partial charge < -0.3 is 4.74 Å². The molecule has 3 aromatic carbocycles. The molecular weight excluding hydrogens is 474 g/mol. The molecule has 0 bridgehead atoms. The number of halogens is 6. The lowest BCUT2D eigenvalue weighted by Crippen LogP contribution is -2.15. The fourth-order valence-electron chi connectivity index (χ4n) is 3.20. The van der Waals surface area contributed by atoms with Crippen LogP contribution in [0, 0.1) is 5.82 Å². The van der Waals surface area contributed by atoms with E-state index in [1.807, 2.05) is 0 Å². The summed E-state index contributed by atoms with van der Waals surface area (Å²) >= 11 is 0. The van der Waals surface area contributed by atoms with Gasteiger partial charge in [0.25, 0.3) is 10.0 Å². The monoisotopic (exact) mass is 486 g/mol. The van der Waals surface area contributed by atoms with Gasteiger partial charge in [-0.25, -0.2) is 4.39 Å². The van der Waals surface area contributed by atoms with E-state index in [0.29, 0.717) is 15.5 Å². The lowest BCUT2D eigenvalue weighted by molar-refractivity contribution is -0.137. The Morgan fingerprint density at radius 2 is 1.70 bits per heavy atom. The summed E-state index contributed by atoms with van der Waals surface area (Å²) < 4.78 is 109. The van der Waals surface area contributed by atoms with Crippen LogP contribution in [0.15, 0.2) is 71.8 Å². The van der Waals surface area contributed by atoms with Crippen LogP contribution in [-0.4, -0.2) is 24.2 Å². The van der Waals surface area contributed by atoms with Crippen molar-refractivity contribution in [2.75, 3.05) is 0 Å². The molecule has 0 N–H and O–H groups in total. The van der Waals surface area contributed by atoms with Gasteiger partial charge in [-0.2, -0.15) is 39.6 Å². The molecule has 172 valence electrons. The van der Waals surface area contributed by atoms with Crippen LogP contribution in [0.1, 0.15) is 5.56 Å². The van der Waals surface area contributed by atoms with E-state index in [0.717, 1.165) is 36.4 Å². The van der Waals surface area contributed by atoms with Gasteiger partial charge in [0.05, 0.1) is 22.2 Å². The average molecular weight is 486 g/mol. The molecule has 0 fully saturated rings. The van der Waals surface area contributed by atoms with Crippen LogP contribution < -0.4 is 4.74 Å². The second-order valence-electron chi connectivity index (χ2n) is 6.85. The molecule has 1 heterocycles. The van der Waals surface area contributed by atoms with Crippen molar-refractivity contribution < 1.29 is 39.5 Å². The Hall–Kier alpha value is -3.54. The summed E-state index contributed by atoms with van der Waals surface area (Å²) in [7, 11) is -4.53. The molecule has 0 unspecified atom stereocenters. The molecule has 0 saturated heterocycles. The maximum atomic E-state index is 13.9. The van der Waals surface area contributed by atoms with E-state index >= 15 is 0 Å². The van der Waals surface area contributed by atoms with E-state index in [1.165, 1.54) is 24.4 Å². The number of benzene rings is 3. The fourth-order valence-corrected chi connectivity index (χ4v) is 4.51. The number of aromatic nitrogens is 2. The molecule has 0 saturated carbocycles. The predicted molar refractivity (Wildman–Crippen MR) is 106 cm³/mol. The second kappa shape index (κ2) is 8.10. The normalized spacial score (nSPS) is 12.5. The molecule has 4 rings (SSSR count). The maximum absolute atomic E-state index is 13.9. The second-order valence-corrected chi connectivity index (χ2v) is 8.61. The van der Waals surface area contributed by atoms with Crippen molar-refractivity contribution >= 4 is 20.9 Å². The highest BCUT2D eigenvalue weighted by atomic mass is 32.2. The first-order chi connectivity index (χ1) is 15.4. The average Bonchev–Trinajstić information content (AvgIpc) is 3.16. The van der Waals surface area contributed by atoms with E-state index in [9.17, 15) is 34.8 Å². The first-order valence-corrected chi connectivity index (χ1v) is 10.6. The molecule has 0 aliphatic carbocycles. The highest BCUT2D eigenvalue weighted by molar-refractivity contribution is 7.90. The lowest BCUT2D eigenvalue weighted by Gasteiger charge is -2.11. The number of alkyl halides is 5. The molecular formula is C21H12F6N2O3S. The van der Waals surface area contributed by atoms with Crippen LogP contribution in [0.2, 0.25) is 0 Å². The van der Waals surface area contributed by atoms with E-state index in [1.54, 1.807) is 0 Å². The Labute approximate surface area is 182 Å². The number of hydrogen-bond donors (Lipinski definition) is 0. The topological polar surface area (TPSA) is 61.2 Å². The molecule has 4 aromatic rings. The number of hydrogen-bond acceptors (Lipinski definition) is 4. The third-order valence-electron chi connectivity index (χ3n) is 4.65. The van der Waals surface area contributed by atoms with Crippen LogP contribution in [0.4, 0.5) is 26.3 Å². The molecule has 0 spiro atoms. The predicted octanol–water partition coefficient (Wildman–Crippen LogP) is 5.70. The zero-order valence-corrected chi connectivity index (χ0v) is 17.0. The van der Waals surface area contributed by atoms with Gasteiger partial charge in [-0.05, 0) is 47.5 Å². The molecule has 0 aliphatic heterocycles. The first kappa shape index (κ1) is 22.6. The van der Waals surface area contributed by atoms with Gasteiger partial charge in [0.1, 0.15) is 11.6 Å². The van der Waals surface area contributed by atoms with Crippen LogP contribution in [0.3, 0.4) is 0 Å². The van der Waals surface area contributed by atoms with Crippen molar-refractivity contribution in [1.29, 1.82) is 0 Å². The molecule has 0 atom stereocenters. The molecule has 33 heavy (non-hydrogen) atoms. The van der Waals surface area contributed by atoms with Gasteiger partial charge in [0.2, 0.25) is 0 Å². The van der Waals surface area contributed by atoms with Crippen LogP contribution >= 0.6 is 0 Å². The van der Waals surface area contributed by atoms with Crippen molar-refractivity contribution in [3.05, 3.63) is 78.2 Å². The van der Waals surface area contributed by atoms with E-state index < -0.39 is 44.8 Å². The third kappa shape index (κ3) is 4.51. The summed E-state index contributed by atoms with van der Waals surface area (Å²) in [4.78, 5) is -0.633. The summed E-state index contributed by atoms with van der Waals surface area (Å²) in [6.07, 6.45) is -3.55. The van der Waals surface area contributed by atoms with Crippen LogP contribution in [0.5, 0.6) is 5.75 Å². The quantitative estimate of drug-likeness (QED) is 0.340. The molecule has 5 nitrogen and oxygen atoms in total. The van der Waals surface area contributed by atoms with Gasteiger partial charge in [0, 0.05) is 11.5 Å². The molecule has 1 aromatic heterocycles. The molecule has 0 amide bonds. The lowest BCUT2D eigenvalue weighted by atomic mass is 10.0. The Morgan fingerprint density at radius 1 is 0.939 bits per heavy atom. The van der Waals surface area contributed by atoms with Gasteiger partial charge in [-0.3, -0.25) is 0 Å². The Bertz CT molecular complexity index is 1450. The Balaban J connectivity index is 1.82. The van der Waals surface area contributed by atoms with Crippen molar-refractivity contribution in [2.45, 2.75) is 17.7 Å². The van der Waals surface area contributed by atoms with Crippen LogP contribution in [-0.2, 0) is 16.2 Å². The molecule has 0 radical (unpaired) electrons. The zero-order chi connectivity index (χ0) is 24.0. The third-order valence-corrected chi connectivity index (χ3v) is 6.25. The summed E-state index contributed by atoms with van der Waals surface area (Å²) in [5, 5.41) is 4.12. The van der Waals surface area contributed by atoms with Crippen molar-refractivity contribution in [2.24, 2.45) is 0 Å². The number of rotatable bonds is 5. The van der Waals surface area contributed by atoms with Crippen molar-refractivity contribution in [1.82, 2.24) is 9.19 Å². The molecule has 12 heteroatoms. The zero-order valence-electron chi connectivity index (χ0n) is 16.2. The smallest absolute Gasteiger partial charge is 0.416 e. The van der Waals surface area contributed by atoms with Gasteiger partial charge >= 0.3 is 12.8 Å². The summed E-state index contributed by atoms with van der Waals surface area (Å²) in [6.45, 7) is -3.18. The number of fused-ring (bicyclic) bond motifs is 1. The summed E-state index contributed by atoms with van der Waals surface area (Å²) in [5.41, 5.74) is -0.809. The Kier molecular flexibility index (Phi) is 5.56. The summed E-state index contributed by atoms with van der Waals surface area (Å²) in [6, 6.07) is 10.4. The minimum Gasteiger partial charge on any atom is -0.435 e. The number of ether oxygens (including phenoxy) is 1. The highest BCUT2D eigenvalue weighted by Gasteiger charge is 2.32. The Morgan fingerprint density at radius 3 is 2.39 bits per heavy atom. The minimum absolute atomic E-state index is 0.00880. The van der Waals surface area contributed by atoms with Gasteiger partial charge in [-0.15, -0.1) is 0 Å². The largest absolute Gasteiger partial charge is 0.435 e. The number of nitrogens with zero attached hydrogens (tertiary/aromatic N) is 2. The van der Waals surface area contributed by atoms with Crippen molar-refractivity contribution in [3.63, 3.8) is 0 Å². The first-order valence-electron chi connectivity index (χ1n) is 9.11. The molecule has 0 aliphatic rings. The fraction of sp³-hybridized carbons (Fsp3) is 0.0952. The summed E-state index contributed by atoms with van der Waals surface area (Å²) in [5.74, 6) is -1.31. The van der Waals surface area contributed by atoms with Crippen molar-refractivity contribution in [3.8, 4) is 16.9 Å². The standard InChI is InChI=1S/C21H12F6N2O3S/c22-16-6-14(7-17(10-16)32-20(23)24)12-4-5-13-11-28-29(19(13)8-12)33(30,31)18-3-1-2-15(9-18)21(25,26)27/h1-11,20H. The SMILES string of the molecule is O=S(=O)(c1cccc(C(F)(F)F)c1)n1ncc2ccc(-c3cc(F)cc(OC(F)F)c3)cc21. The van der Waals surface area contributed by atoms with Crippen LogP contribution in [0.25, 0.3) is 22.0 Å². The van der Waals surface area contributed by atoms with Gasteiger partial charge in [-0.1, -0.05) is 18.2 Å². The maximum Gasteiger partial charge on any atom is 0.416 e. The highest BCUT2D eigenvalue weighted by Crippen LogP contribution is 2.33.